The molecule has 0 bridgehead atoms. The smallest absolute Gasteiger partial charge is 0.262 e. The highest BCUT2D eigenvalue weighted by Gasteiger charge is 2.37. The van der Waals surface area contributed by atoms with Crippen LogP contribution in [0.2, 0.25) is 0 Å². The van der Waals surface area contributed by atoms with Crippen LogP contribution < -0.4 is 4.90 Å². The molecule has 37 heavy (non-hydrogen) atoms. The highest BCUT2D eigenvalue weighted by atomic mass is 35.5. The third kappa shape index (κ3) is 5.53. The van der Waals surface area contributed by atoms with Crippen molar-refractivity contribution >= 4 is 66.7 Å². The number of amides is 3. The summed E-state index contributed by atoms with van der Waals surface area (Å²) in [6.45, 7) is 3.12. The first kappa shape index (κ1) is 27.1. The summed E-state index contributed by atoms with van der Waals surface area (Å²) in [4.78, 5) is 48.5. The van der Waals surface area contributed by atoms with E-state index in [-0.39, 0.29) is 28.4 Å². The van der Waals surface area contributed by atoms with Crippen molar-refractivity contribution < 1.29 is 27.5 Å². The van der Waals surface area contributed by atoms with Gasteiger partial charge in [0.25, 0.3) is 11.8 Å². The van der Waals surface area contributed by atoms with Crippen LogP contribution in [0.1, 0.15) is 20.7 Å². The van der Waals surface area contributed by atoms with Gasteiger partial charge in [-0.05, 0) is 30.3 Å². The van der Waals surface area contributed by atoms with Gasteiger partial charge in [-0.15, -0.1) is 12.4 Å². The topological polar surface area (TPSA) is 117 Å². The number of ether oxygens (including phenoxy) is 1. The van der Waals surface area contributed by atoms with Crippen LogP contribution in [-0.4, -0.2) is 93.1 Å². The lowest BCUT2D eigenvalue weighted by atomic mass is 10.1. The number of hydrogen-bond acceptors (Lipinski definition) is 9. The molecule has 0 radical (unpaired) electrons. The number of benzene rings is 2. The Balaban J connectivity index is 0.00000320. The van der Waals surface area contributed by atoms with Crippen LogP contribution in [0.3, 0.4) is 0 Å². The van der Waals surface area contributed by atoms with Crippen LogP contribution in [0.15, 0.2) is 47.4 Å². The number of carbonyl (C=O) groups excluding carboxylic acids is 3. The number of rotatable bonds is 7. The number of fused-ring (bicyclic) bond motifs is 2. The summed E-state index contributed by atoms with van der Waals surface area (Å²) < 4.78 is 30.0. The van der Waals surface area contributed by atoms with Crippen LogP contribution in [0.5, 0.6) is 0 Å². The van der Waals surface area contributed by atoms with E-state index >= 15 is 0 Å². The first-order chi connectivity index (χ1) is 17.2. The summed E-state index contributed by atoms with van der Waals surface area (Å²) in [6, 6.07) is 11.1. The predicted molar refractivity (Wildman–Crippen MR) is 141 cm³/mol. The first-order valence-electron chi connectivity index (χ1n) is 11.4. The quantitative estimate of drug-likeness (QED) is 0.400. The number of sulfone groups is 1. The molecule has 0 N–H and O–H groups in total. The maximum Gasteiger partial charge on any atom is 0.262 e. The Morgan fingerprint density at radius 2 is 1.73 bits per heavy atom. The van der Waals surface area contributed by atoms with Crippen molar-refractivity contribution in [1.82, 2.24) is 14.8 Å². The molecule has 2 aliphatic rings. The molecule has 3 heterocycles. The van der Waals surface area contributed by atoms with E-state index in [0.29, 0.717) is 41.7 Å². The summed E-state index contributed by atoms with van der Waals surface area (Å²) >= 11 is 1.20. The summed E-state index contributed by atoms with van der Waals surface area (Å²) in [5, 5.41) is 0.380. The van der Waals surface area contributed by atoms with Gasteiger partial charge in [0.15, 0.2) is 15.0 Å². The van der Waals surface area contributed by atoms with Crippen LogP contribution in [0.4, 0.5) is 5.13 Å². The number of morpholine rings is 1. The van der Waals surface area contributed by atoms with E-state index in [2.05, 4.69) is 9.88 Å². The fourth-order valence-electron chi connectivity index (χ4n) is 4.24. The van der Waals surface area contributed by atoms with Crippen molar-refractivity contribution in [3.05, 3.63) is 53.6 Å². The van der Waals surface area contributed by atoms with Gasteiger partial charge in [0, 0.05) is 32.4 Å². The Morgan fingerprint density at radius 3 is 2.35 bits per heavy atom. The zero-order valence-corrected chi connectivity index (χ0v) is 22.4. The zero-order valence-electron chi connectivity index (χ0n) is 20.0. The molecular weight excluding hydrogens is 540 g/mol. The Kier molecular flexibility index (Phi) is 7.95. The molecule has 2 aromatic carbocycles. The third-order valence-corrected chi connectivity index (χ3v) is 8.38. The van der Waals surface area contributed by atoms with Gasteiger partial charge in [0.2, 0.25) is 5.91 Å². The standard InChI is InChI=1S/C24H24N4O6S2.ClH/c1-36(32,33)16-6-7-19-20(14-16)35-24(25-19)27(9-8-26-10-12-34-13-11-26)21(29)15-28-22(30)17-4-2-3-5-18(17)23(28)31;/h2-7,14H,8-13,15H2,1H3;1H. The zero-order chi connectivity index (χ0) is 25.4. The third-order valence-electron chi connectivity index (χ3n) is 6.22. The van der Waals surface area contributed by atoms with Gasteiger partial charge in [-0.3, -0.25) is 29.1 Å². The Morgan fingerprint density at radius 1 is 1.08 bits per heavy atom. The number of aromatic nitrogens is 1. The van der Waals surface area contributed by atoms with Crippen molar-refractivity contribution in [2.45, 2.75) is 4.90 Å². The summed E-state index contributed by atoms with van der Waals surface area (Å²) in [6.07, 6.45) is 1.14. The summed E-state index contributed by atoms with van der Waals surface area (Å²) in [5.41, 5.74) is 1.12. The Labute approximate surface area is 224 Å². The van der Waals surface area contributed by atoms with E-state index in [4.69, 9.17) is 4.74 Å². The van der Waals surface area contributed by atoms with E-state index in [1.54, 1.807) is 36.4 Å². The highest BCUT2D eigenvalue weighted by Crippen LogP contribution is 2.31. The van der Waals surface area contributed by atoms with Gasteiger partial charge >= 0.3 is 0 Å². The molecule has 0 atom stereocenters. The number of thiazole rings is 1. The van der Waals surface area contributed by atoms with E-state index < -0.39 is 34.1 Å². The molecule has 3 aromatic rings. The lowest BCUT2D eigenvalue weighted by Crippen LogP contribution is -2.47. The molecule has 196 valence electrons. The number of anilines is 1. The molecule has 2 aliphatic heterocycles. The van der Waals surface area contributed by atoms with Crippen molar-refractivity contribution in [2.75, 3.05) is 57.1 Å². The van der Waals surface area contributed by atoms with E-state index in [0.717, 1.165) is 24.2 Å². The van der Waals surface area contributed by atoms with Gasteiger partial charge in [0.1, 0.15) is 6.54 Å². The highest BCUT2D eigenvalue weighted by molar-refractivity contribution is 7.90. The fourth-order valence-corrected chi connectivity index (χ4v) is 6.01. The van der Waals surface area contributed by atoms with Gasteiger partial charge in [-0.25, -0.2) is 13.4 Å². The molecule has 1 aromatic heterocycles. The molecule has 5 rings (SSSR count). The largest absolute Gasteiger partial charge is 0.379 e. The van der Waals surface area contributed by atoms with Gasteiger partial charge in [-0.2, -0.15) is 0 Å². The Bertz CT molecular complexity index is 1430. The second-order valence-electron chi connectivity index (χ2n) is 8.64. The number of hydrogen-bond donors (Lipinski definition) is 0. The minimum Gasteiger partial charge on any atom is -0.379 e. The van der Waals surface area contributed by atoms with E-state index in [1.165, 1.54) is 22.3 Å². The lowest BCUT2D eigenvalue weighted by molar-refractivity contribution is -0.119. The van der Waals surface area contributed by atoms with Gasteiger partial charge < -0.3 is 4.74 Å². The lowest BCUT2D eigenvalue weighted by Gasteiger charge is -2.29. The summed E-state index contributed by atoms with van der Waals surface area (Å²) in [5.74, 6) is -1.45. The molecule has 3 amide bonds. The van der Waals surface area contributed by atoms with Crippen molar-refractivity contribution in [3.63, 3.8) is 0 Å². The second-order valence-corrected chi connectivity index (χ2v) is 11.7. The van der Waals surface area contributed by atoms with Crippen molar-refractivity contribution in [3.8, 4) is 0 Å². The van der Waals surface area contributed by atoms with Crippen molar-refractivity contribution in [2.24, 2.45) is 0 Å². The molecule has 13 heteroatoms. The van der Waals surface area contributed by atoms with Crippen LogP contribution >= 0.6 is 23.7 Å². The SMILES string of the molecule is CS(=O)(=O)c1ccc2nc(N(CCN3CCOCC3)C(=O)CN3C(=O)c4ccccc4C3=O)sc2c1.Cl. The van der Waals surface area contributed by atoms with Gasteiger partial charge in [-0.1, -0.05) is 23.5 Å². The molecule has 0 unspecified atom stereocenters. The average molecular weight is 565 g/mol. The molecule has 1 saturated heterocycles. The molecule has 0 saturated carbocycles. The second kappa shape index (κ2) is 10.8. The van der Waals surface area contributed by atoms with Crippen LogP contribution in [-0.2, 0) is 19.4 Å². The van der Waals surface area contributed by atoms with Gasteiger partial charge in [0.05, 0.1) is 39.5 Å². The predicted octanol–water partition coefficient (Wildman–Crippen LogP) is 2.08. The molecule has 1 fully saturated rings. The Hall–Kier alpha value is -2.90. The number of carbonyl (C=O) groups is 3. The number of halogens is 1. The average Bonchev–Trinajstić information content (AvgIpc) is 3.39. The minimum absolute atomic E-state index is 0. The van der Waals surface area contributed by atoms with E-state index in [1.807, 2.05) is 0 Å². The monoisotopic (exact) mass is 564 g/mol. The number of imide groups is 1. The normalized spacial score (nSPS) is 16.1. The first-order valence-corrected chi connectivity index (χ1v) is 14.1. The van der Waals surface area contributed by atoms with Crippen molar-refractivity contribution in [1.29, 1.82) is 0 Å². The minimum atomic E-state index is -3.40. The fraction of sp³-hybridized carbons (Fsp3) is 0.333. The molecule has 0 spiro atoms. The molecular formula is C24H25ClN4O6S2. The number of nitrogens with zero attached hydrogens (tertiary/aromatic N) is 4. The molecule has 10 nitrogen and oxygen atoms in total. The van der Waals surface area contributed by atoms with Crippen LogP contribution in [0, 0.1) is 0 Å². The van der Waals surface area contributed by atoms with E-state index in [9.17, 15) is 22.8 Å². The summed E-state index contributed by atoms with van der Waals surface area (Å²) in [7, 11) is -3.40. The maximum atomic E-state index is 13.5. The van der Waals surface area contributed by atoms with Crippen LogP contribution in [0.25, 0.3) is 10.2 Å². The maximum absolute atomic E-state index is 13.5. The molecule has 0 aliphatic carbocycles.